The summed E-state index contributed by atoms with van der Waals surface area (Å²) >= 11 is 0. The Morgan fingerprint density at radius 3 is 3.00 bits per heavy atom. The molecule has 1 heterocycles. The molecule has 0 bridgehead atoms. The van der Waals surface area contributed by atoms with E-state index in [1.807, 2.05) is 6.92 Å². The molecule has 0 saturated heterocycles. The summed E-state index contributed by atoms with van der Waals surface area (Å²) < 4.78 is 0. The van der Waals surface area contributed by atoms with Crippen LogP contribution in [0.25, 0.3) is 0 Å². The molecule has 0 spiro atoms. The van der Waals surface area contributed by atoms with Gasteiger partial charge in [0.2, 0.25) is 5.82 Å². The molecule has 0 aliphatic heterocycles. The molecule has 0 fully saturated rings. The topological polar surface area (TPSA) is 54.9 Å². The van der Waals surface area contributed by atoms with Gasteiger partial charge in [-0.3, -0.25) is 4.79 Å². The molecular formula is C10H15N3O. The molecule has 4 nitrogen and oxygen atoms in total. The zero-order valence-electron chi connectivity index (χ0n) is 8.58. The molecule has 1 aromatic rings. The van der Waals surface area contributed by atoms with Crippen molar-refractivity contribution in [2.75, 3.05) is 6.54 Å². The predicted octanol–water partition coefficient (Wildman–Crippen LogP) is 1.31. The van der Waals surface area contributed by atoms with Gasteiger partial charge in [-0.05, 0) is 19.4 Å². The van der Waals surface area contributed by atoms with Gasteiger partial charge in [-0.25, -0.2) is 9.97 Å². The van der Waals surface area contributed by atoms with E-state index in [-0.39, 0.29) is 11.7 Å². The minimum Gasteiger partial charge on any atom is -0.349 e. The fourth-order valence-electron chi connectivity index (χ4n) is 1.02. The number of nitrogens with one attached hydrogen (secondary N) is 1. The fourth-order valence-corrected chi connectivity index (χ4v) is 1.02. The lowest BCUT2D eigenvalue weighted by atomic mass is 10.3. The number of aryl methyl sites for hydroxylation is 1. The monoisotopic (exact) mass is 193 g/mol. The van der Waals surface area contributed by atoms with Crippen LogP contribution in [0.1, 0.15) is 36.1 Å². The van der Waals surface area contributed by atoms with E-state index < -0.39 is 0 Å². The van der Waals surface area contributed by atoms with Crippen molar-refractivity contribution in [1.29, 1.82) is 0 Å². The van der Waals surface area contributed by atoms with Gasteiger partial charge in [-0.1, -0.05) is 13.3 Å². The van der Waals surface area contributed by atoms with Crippen LogP contribution in [0.2, 0.25) is 0 Å². The van der Waals surface area contributed by atoms with Crippen molar-refractivity contribution < 1.29 is 4.79 Å². The van der Waals surface area contributed by atoms with E-state index in [1.165, 1.54) is 0 Å². The van der Waals surface area contributed by atoms with Crippen LogP contribution in [0.15, 0.2) is 12.3 Å². The van der Waals surface area contributed by atoms with E-state index in [1.54, 1.807) is 12.3 Å². The molecule has 0 saturated carbocycles. The third kappa shape index (κ3) is 3.12. The second kappa shape index (κ2) is 5.32. The van der Waals surface area contributed by atoms with Crippen LogP contribution in [0.5, 0.6) is 0 Å². The highest BCUT2D eigenvalue weighted by molar-refractivity contribution is 5.90. The van der Waals surface area contributed by atoms with Crippen LogP contribution >= 0.6 is 0 Å². The van der Waals surface area contributed by atoms with Crippen molar-refractivity contribution in [3.8, 4) is 0 Å². The Balaban J connectivity index is 2.52. The quantitative estimate of drug-likeness (QED) is 0.733. The SMILES string of the molecule is CCCCNC(=O)c1nccc(C)n1. The van der Waals surface area contributed by atoms with E-state index >= 15 is 0 Å². The fraction of sp³-hybridized carbons (Fsp3) is 0.500. The third-order valence-corrected chi connectivity index (χ3v) is 1.81. The van der Waals surface area contributed by atoms with E-state index in [4.69, 9.17) is 0 Å². The number of rotatable bonds is 4. The van der Waals surface area contributed by atoms with Crippen LogP contribution in [-0.2, 0) is 0 Å². The lowest BCUT2D eigenvalue weighted by Gasteiger charge is -2.02. The average Bonchev–Trinajstić information content (AvgIpc) is 2.18. The summed E-state index contributed by atoms with van der Waals surface area (Å²) in [5, 5.41) is 2.76. The first-order valence-corrected chi connectivity index (χ1v) is 4.82. The summed E-state index contributed by atoms with van der Waals surface area (Å²) in [4.78, 5) is 19.4. The van der Waals surface area contributed by atoms with Gasteiger partial charge >= 0.3 is 0 Å². The van der Waals surface area contributed by atoms with Crippen LogP contribution in [0, 0.1) is 6.92 Å². The molecule has 0 radical (unpaired) electrons. The van der Waals surface area contributed by atoms with Crippen LogP contribution < -0.4 is 5.32 Å². The van der Waals surface area contributed by atoms with Gasteiger partial charge in [0.05, 0.1) is 0 Å². The molecule has 1 amide bonds. The Morgan fingerprint density at radius 1 is 1.57 bits per heavy atom. The van der Waals surface area contributed by atoms with Gasteiger partial charge in [0, 0.05) is 18.4 Å². The Morgan fingerprint density at radius 2 is 2.36 bits per heavy atom. The first-order valence-electron chi connectivity index (χ1n) is 4.82. The van der Waals surface area contributed by atoms with Gasteiger partial charge in [-0.2, -0.15) is 0 Å². The molecule has 0 aliphatic rings. The Bertz CT molecular complexity index is 312. The van der Waals surface area contributed by atoms with E-state index in [9.17, 15) is 4.79 Å². The Kier molecular flexibility index (Phi) is 4.04. The van der Waals surface area contributed by atoms with Gasteiger partial charge < -0.3 is 5.32 Å². The van der Waals surface area contributed by atoms with E-state index in [2.05, 4.69) is 22.2 Å². The number of carbonyl (C=O) groups excluding carboxylic acids is 1. The van der Waals surface area contributed by atoms with E-state index in [0.717, 1.165) is 18.5 Å². The first kappa shape index (κ1) is 10.6. The number of aromatic nitrogens is 2. The maximum atomic E-state index is 11.4. The molecule has 76 valence electrons. The number of hydrogen-bond donors (Lipinski definition) is 1. The van der Waals surface area contributed by atoms with Crippen LogP contribution in [-0.4, -0.2) is 22.4 Å². The van der Waals surface area contributed by atoms with Gasteiger partial charge in [0.25, 0.3) is 5.91 Å². The number of hydrogen-bond acceptors (Lipinski definition) is 3. The zero-order valence-corrected chi connectivity index (χ0v) is 8.58. The summed E-state index contributed by atoms with van der Waals surface area (Å²) in [6, 6.07) is 1.77. The molecule has 0 unspecified atom stereocenters. The zero-order chi connectivity index (χ0) is 10.4. The highest BCUT2D eigenvalue weighted by atomic mass is 16.2. The van der Waals surface area contributed by atoms with Crippen molar-refractivity contribution in [3.05, 3.63) is 23.8 Å². The maximum Gasteiger partial charge on any atom is 0.289 e. The van der Waals surface area contributed by atoms with Crippen molar-refractivity contribution in [2.24, 2.45) is 0 Å². The summed E-state index contributed by atoms with van der Waals surface area (Å²) in [6.45, 7) is 4.60. The van der Waals surface area contributed by atoms with Crippen molar-refractivity contribution in [2.45, 2.75) is 26.7 Å². The summed E-state index contributed by atoms with van der Waals surface area (Å²) in [5.41, 5.74) is 0.806. The largest absolute Gasteiger partial charge is 0.349 e. The van der Waals surface area contributed by atoms with Crippen molar-refractivity contribution >= 4 is 5.91 Å². The molecule has 0 atom stereocenters. The highest BCUT2D eigenvalue weighted by Gasteiger charge is 2.06. The second-order valence-electron chi connectivity index (χ2n) is 3.13. The molecule has 0 aliphatic carbocycles. The summed E-state index contributed by atoms with van der Waals surface area (Å²) in [6.07, 6.45) is 3.64. The molecule has 1 rings (SSSR count). The van der Waals surface area contributed by atoms with Crippen LogP contribution in [0.3, 0.4) is 0 Å². The van der Waals surface area contributed by atoms with E-state index in [0.29, 0.717) is 6.54 Å². The van der Waals surface area contributed by atoms with Crippen molar-refractivity contribution in [3.63, 3.8) is 0 Å². The lowest BCUT2D eigenvalue weighted by Crippen LogP contribution is -2.26. The van der Waals surface area contributed by atoms with Gasteiger partial charge in [0.1, 0.15) is 0 Å². The highest BCUT2D eigenvalue weighted by Crippen LogP contribution is 1.93. The number of nitrogens with zero attached hydrogens (tertiary/aromatic N) is 2. The summed E-state index contributed by atoms with van der Waals surface area (Å²) in [7, 11) is 0. The minimum atomic E-state index is -0.192. The number of amides is 1. The molecular weight excluding hydrogens is 178 g/mol. The average molecular weight is 193 g/mol. The van der Waals surface area contributed by atoms with Crippen LogP contribution in [0.4, 0.5) is 0 Å². The summed E-state index contributed by atoms with van der Waals surface area (Å²) in [5.74, 6) is 0.0586. The molecule has 1 aromatic heterocycles. The second-order valence-corrected chi connectivity index (χ2v) is 3.13. The lowest BCUT2D eigenvalue weighted by molar-refractivity contribution is 0.0942. The first-order chi connectivity index (χ1) is 6.74. The molecule has 0 aromatic carbocycles. The predicted molar refractivity (Wildman–Crippen MR) is 54.0 cm³/mol. The standard InChI is InChI=1S/C10H15N3O/c1-3-4-6-12-10(14)9-11-7-5-8(2)13-9/h5,7H,3-4,6H2,1-2H3,(H,12,14). The molecule has 14 heavy (non-hydrogen) atoms. The van der Waals surface area contributed by atoms with Crippen molar-refractivity contribution in [1.82, 2.24) is 15.3 Å². The molecule has 4 heteroatoms. The Hall–Kier alpha value is -1.45. The normalized spacial score (nSPS) is 9.86. The smallest absolute Gasteiger partial charge is 0.289 e. The Labute approximate surface area is 83.8 Å². The number of unbranched alkanes of at least 4 members (excludes halogenated alkanes) is 1. The molecule has 1 N–H and O–H groups in total. The minimum absolute atomic E-state index is 0.192. The van der Waals surface area contributed by atoms with Gasteiger partial charge in [-0.15, -0.1) is 0 Å². The third-order valence-electron chi connectivity index (χ3n) is 1.81. The maximum absolute atomic E-state index is 11.4. The number of carbonyl (C=O) groups is 1. The van der Waals surface area contributed by atoms with Gasteiger partial charge in [0.15, 0.2) is 0 Å².